The highest BCUT2D eigenvalue weighted by Gasteiger charge is 2.10. The predicted molar refractivity (Wildman–Crippen MR) is 53.1 cm³/mol. The van der Waals surface area contributed by atoms with Gasteiger partial charge in [0.15, 0.2) is 5.13 Å². The maximum absolute atomic E-state index is 11.4. The van der Waals surface area contributed by atoms with E-state index in [9.17, 15) is 4.79 Å². The van der Waals surface area contributed by atoms with E-state index in [0.717, 1.165) is 0 Å². The van der Waals surface area contributed by atoms with Gasteiger partial charge in [0.1, 0.15) is 5.69 Å². The molecular formula is C7H7N5OS. The summed E-state index contributed by atoms with van der Waals surface area (Å²) in [6, 6.07) is 0. The molecule has 2 aromatic heterocycles. The van der Waals surface area contributed by atoms with Crippen LogP contribution in [0.25, 0.3) is 0 Å². The summed E-state index contributed by atoms with van der Waals surface area (Å²) in [4.78, 5) is 21.9. The van der Waals surface area contributed by atoms with Gasteiger partial charge in [-0.15, -0.1) is 11.3 Å². The zero-order valence-electron chi connectivity index (χ0n) is 7.02. The Kier molecular flexibility index (Phi) is 2.15. The van der Waals surface area contributed by atoms with Crippen molar-refractivity contribution in [3.63, 3.8) is 0 Å². The third kappa shape index (κ3) is 1.72. The lowest BCUT2D eigenvalue weighted by Crippen LogP contribution is -2.13. The Hall–Kier alpha value is -1.89. The Morgan fingerprint density at radius 2 is 2.50 bits per heavy atom. The lowest BCUT2D eigenvalue weighted by molar-refractivity contribution is 0.102. The molecular weight excluding hydrogens is 202 g/mol. The molecule has 0 saturated heterocycles. The third-order valence-electron chi connectivity index (χ3n) is 1.48. The van der Waals surface area contributed by atoms with E-state index >= 15 is 0 Å². The highest BCUT2D eigenvalue weighted by molar-refractivity contribution is 7.13. The number of carbonyl (C=O) groups excluding carboxylic acids is 1. The van der Waals surface area contributed by atoms with Crippen LogP contribution in [0.1, 0.15) is 10.5 Å². The van der Waals surface area contributed by atoms with Gasteiger partial charge in [0, 0.05) is 17.8 Å². The Labute approximate surface area is 83.2 Å². The molecule has 7 heteroatoms. The van der Waals surface area contributed by atoms with E-state index in [1.54, 1.807) is 17.8 Å². The fourth-order valence-electron chi connectivity index (χ4n) is 0.897. The molecule has 72 valence electrons. The van der Waals surface area contributed by atoms with E-state index in [0.29, 0.717) is 16.8 Å². The van der Waals surface area contributed by atoms with E-state index in [-0.39, 0.29) is 5.91 Å². The van der Waals surface area contributed by atoms with Crippen molar-refractivity contribution in [2.24, 2.45) is 0 Å². The van der Waals surface area contributed by atoms with E-state index in [2.05, 4.69) is 20.3 Å². The minimum absolute atomic E-state index is 0.295. The summed E-state index contributed by atoms with van der Waals surface area (Å²) in [6.45, 7) is 0. The maximum atomic E-state index is 11.4. The SMILES string of the molecule is Nc1nc(C(=O)Nc2ncc[nH]2)cs1. The van der Waals surface area contributed by atoms with Crippen molar-refractivity contribution < 1.29 is 4.79 Å². The normalized spacial score (nSPS) is 10.0. The van der Waals surface area contributed by atoms with Gasteiger partial charge < -0.3 is 10.7 Å². The highest BCUT2D eigenvalue weighted by atomic mass is 32.1. The number of aromatic nitrogens is 3. The molecule has 0 spiro atoms. The van der Waals surface area contributed by atoms with Crippen LogP contribution in [-0.4, -0.2) is 20.9 Å². The molecule has 2 aromatic rings. The van der Waals surface area contributed by atoms with Gasteiger partial charge in [-0.25, -0.2) is 9.97 Å². The van der Waals surface area contributed by atoms with E-state index in [1.165, 1.54) is 11.3 Å². The number of nitrogens with one attached hydrogen (secondary N) is 2. The fraction of sp³-hybridized carbons (Fsp3) is 0. The second-order valence-corrected chi connectivity index (χ2v) is 3.35. The van der Waals surface area contributed by atoms with Gasteiger partial charge in [-0.1, -0.05) is 0 Å². The van der Waals surface area contributed by atoms with Crippen LogP contribution >= 0.6 is 11.3 Å². The molecule has 6 nitrogen and oxygen atoms in total. The largest absolute Gasteiger partial charge is 0.375 e. The molecule has 0 aliphatic rings. The van der Waals surface area contributed by atoms with Crippen molar-refractivity contribution in [1.82, 2.24) is 15.0 Å². The number of aromatic amines is 1. The molecule has 0 unspecified atom stereocenters. The first-order valence-corrected chi connectivity index (χ1v) is 4.65. The Bertz CT molecular complexity index is 435. The number of nitrogens with zero attached hydrogens (tertiary/aromatic N) is 2. The summed E-state index contributed by atoms with van der Waals surface area (Å²) in [5.74, 6) is 0.0643. The Morgan fingerprint density at radius 1 is 1.64 bits per heavy atom. The quantitative estimate of drug-likeness (QED) is 0.678. The smallest absolute Gasteiger partial charge is 0.277 e. The first kappa shape index (κ1) is 8.70. The minimum atomic E-state index is -0.326. The summed E-state index contributed by atoms with van der Waals surface area (Å²) < 4.78 is 0. The van der Waals surface area contributed by atoms with Crippen molar-refractivity contribution in [1.29, 1.82) is 0 Å². The number of carbonyl (C=O) groups is 1. The van der Waals surface area contributed by atoms with E-state index in [1.807, 2.05) is 0 Å². The van der Waals surface area contributed by atoms with Crippen molar-refractivity contribution in [2.75, 3.05) is 11.1 Å². The van der Waals surface area contributed by atoms with Crippen LogP contribution in [0.15, 0.2) is 17.8 Å². The number of H-pyrrole nitrogens is 1. The Morgan fingerprint density at radius 3 is 3.07 bits per heavy atom. The van der Waals surface area contributed by atoms with Crippen LogP contribution in [0.5, 0.6) is 0 Å². The number of nitrogen functional groups attached to an aromatic ring is 1. The molecule has 0 radical (unpaired) electrons. The first-order chi connectivity index (χ1) is 6.75. The summed E-state index contributed by atoms with van der Waals surface area (Å²) in [6.07, 6.45) is 3.16. The van der Waals surface area contributed by atoms with Crippen molar-refractivity contribution in [3.05, 3.63) is 23.5 Å². The molecule has 0 aliphatic carbocycles. The van der Waals surface area contributed by atoms with Gasteiger partial charge in [0.25, 0.3) is 5.91 Å². The average Bonchev–Trinajstić information content (AvgIpc) is 2.75. The summed E-state index contributed by atoms with van der Waals surface area (Å²) >= 11 is 1.22. The molecule has 0 atom stereocenters. The molecule has 4 N–H and O–H groups in total. The Balaban J connectivity index is 2.10. The summed E-state index contributed by atoms with van der Waals surface area (Å²) in [5.41, 5.74) is 5.69. The number of imidazole rings is 1. The van der Waals surface area contributed by atoms with Gasteiger partial charge >= 0.3 is 0 Å². The maximum Gasteiger partial charge on any atom is 0.277 e. The molecule has 0 saturated carbocycles. The fourth-order valence-corrected chi connectivity index (χ4v) is 1.44. The van der Waals surface area contributed by atoms with E-state index < -0.39 is 0 Å². The molecule has 0 fully saturated rings. The lowest BCUT2D eigenvalue weighted by Gasteiger charge is -1.96. The number of hydrogen-bond acceptors (Lipinski definition) is 5. The van der Waals surface area contributed by atoms with Gasteiger partial charge in [-0.05, 0) is 0 Å². The number of hydrogen-bond donors (Lipinski definition) is 3. The van der Waals surface area contributed by atoms with Gasteiger partial charge in [0.2, 0.25) is 5.95 Å². The topological polar surface area (TPSA) is 96.7 Å². The standard InChI is InChI=1S/C7H7N5OS/c8-6-11-4(3-14-6)5(13)12-7-9-1-2-10-7/h1-3H,(H2,8,11)(H2,9,10,12,13). The zero-order valence-corrected chi connectivity index (χ0v) is 7.84. The molecule has 0 aliphatic heterocycles. The summed E-state index contributed by atoms with van der Waals surface area (Å²) in [7, 11) is 0. The average molecular weight is 209 g/mol. The number of thiazole rings is 1. The molecule has 2 rings (SSSR count). The number of nitrogens with two attached hydrogens (primary N) is 1. The van der Waals surface area contributed by atoms with Crippen LogP contribution in [0.2, 0.25) is 0 Å². The van der Waals surface area contributed by atoms with Crippen LogP contribution < -0.4 is 11.1 Å². The number of amides is 1. The summed E-state index contributed by atoms with van der Waals surface area (Å²) in [5, 5.41) is 4.50. The molecule has 14 heavy (non-hydrogen) atoms. The van der Waals surface area contributed by atoms with Crippen molar-refractivity contribution in [3.8, 4) is 0 Å². The van der Waals surface area contributed by atoms with Crippen LogP contribution in [0.3, 0.4) is 0 Å². The van der Waals surface area contributed by atoms with Crippen LogP contribution in [0.4, 0.5) is 11.1 Å². The molecule has 0 aromatic carbocycles. The number of anilines is 2. The predicted octanol–water partition coefficient (Wildman–Crippen LogP) is 0.701. The van der Waals surface area contributed by atoms with Crippen molar-refractivity contribution >= 4 is 28.3 Å². The third-order valence-corrected chi connectivity index (χ3v) is 2.16. The molecule has 2 heterocycles. The van der Waals surface area contributed by atoms with Gasteiger partial charge in [-0.3, -0.25) is 10.1 Å². The van der Waals surface area contributed by atoms with Gasteiger partial charge in [0.05, 0.1) is 0 Å². The zero-order chi connectivity index (χ0) is 9.97. The van der Waals surface area contributed by atoms with Crippen LogP contribution in [0, 0.1) is 0 Å². The molecule has 0 bridgehead atoms. The van der Waals surface area contributed by atoms with Crippen LogP contribution in [-0.2, 0) is 0 Å². The lowest BCUT2D eigenvalue weighted by atomic mass is 10.5. The highest BCUT2D eigenvalue weighted by Crippen LogP contribution is 2.11. The minimum Gasteiger partial charge on any atom is -0.375 e. The van der Waals surface area contributed by atoms with Gasteiger partial charge in [-0.2, -0.15) is 0 Å². The molecule has 1 amide bonds. The first-order valence-electron chi connectivity index (χ1n) is 3.77. The van der Waals surface area contributed by atoms with Crippen molar-refractivity contribution in [2.45, 2.75) is 0 Å². The second kappa shape index (κ2) is 3.46. The van der Waals surface area contributed by atoms with E-state index in [4.69, 9.17) is 5.73 Å². The number of rotatable bonds is 2. The second-order valence-electron chi connectivity index (χ2n) is 2.46. The monoisotopic (exact) mass is 209 g/mol.